The molecule has 2 atom stereocenters. The van der Waals surface area contributed by atoms with Crippen LogP contribution in [0.25, 0.3) is 0 Å². The first-order chi connectivity index (χ1) is 16.9. The molecule has 3 aliphatic heterocycles. The van der Waals surface area contributed by atoms with E-state index in [2.05, 4.69) is 36.9 Å². The summed E-state index contributed by atoms with van der Waals surface area (Å²) >= 11 is 0. The Kier molecular flexibility index (Phi) is 6.60. The van der Waals surface area contributed by atoms with Gasteiger partial charge in [0, 0.05) is 43.3 Å². The zero-order chi connectivity index (χ0) is 24.6. The second-order valence-corrected chi connectivity index (χ2v) is 11.0. The zero-order valence-corrected chi connectivity index (χ0v) is 20.2. The number of nitriles is 1. The number of hydrogen-bond acceptors (Lipinski definition) is 10. The predicted octanol–water partition coefficient (Wildman–Crippen LogP) is 0.229. The maximum absolute atomic E-state index is 13.1. The number of rotatable bonds is 9. The molecule has 2 aromatic rings. The van der Waals surface area contributed by atoms with Crippen LogP contribution in [0.15, 0.2) is 12.1 Å². The molecule has 0 aliphatic carbocycles. The predicted molar refractivity (Wildman–Crippen MR) is 124 cm³/mol. The first-order valence-electron chi connectivity index (χ1n) is 11.6. The van der Waals surface area contributed by atoms with E-state index in [0.29, 0.717) is 48.7 Å². The molecule has 0 radical (unpaired) electrons. The summed E-state index contributed by atoms with van der Waals surface area (Å²) in [4.78, 5) is 8.96. The minimum Gasteiger partial charge on any atom is -0.481 e. The quantitative estimate of drug-likeness (QED) is 0.371. The number of anilines is 2. The summed E-state index contributed by atoms with van der Waals surface area (Å²) in [6, 6.07) is 5.55. The largest absolute Gasteiger partial charge is 0.481 e. The monoisotopic (exact) mass is 503 g/mol. The average molecular weight is 504 g/mol. The van der Waals surface area contributed by atoms with E-state index in [4.69, 9.17) is 10.00 Å². The molecule has 35 heavy (non-hydrogen) atoms. The number of piperidine rings is 1. The second-order valence-electron chi connectivity index (χ2n) is 9.19. The molecule has 2 bridgehead atoms. The molecule has 2 aromatic heterocycles. The number of methoxy groups -OCH3 is 1. The molecule has 13 nitrogen and oxygen atoms in total. The summed E-state index contributed by atoms with van der Waals surface area (Å²) in [5, 5.41) is 31.6. The van der Waals surface area contributed by atoms with Crippen LogP contribution in [-0.2, 0) is 23.4 Å². The third-order valence-corrected chi connectivity index (χ3v) is 8.93. The molecule has 3 saturated heterocycles. The van der Waals surface area contributed by atoms with E-state index in [1.54, 1.807) is 16.4 Å². The van der Waals surface area contributed by atoms with Crippen molar-refractivity contribution in [2.45, 2.75) is 57.0 Å². The van der Waals surface area contributed by atoms with Gasteiger partial charge in [0.05, 0.1) is 37.9 Å². The van der Waals surface area contributed by atoms with Gasteiger partial charge in [-0.3, -0.25) is 5.10 Å². The molecule has 4 N–H and O–H groups in total. The van der Waals surface area contributed by atoms with Crippen molar-refractivity contribution in [3.63, 3.8) is 0 Å². The molecule has 3 fully saturated rings. The van der Waals surface area contributed by atoms with E-state index in [1.807, 2.05) is 0 Å². The Labute approximate surface area is 203 Å². The molecule has 0 aromatic carbocycles. The van der Waals surface area contributed by atoms with Crippen molar-refractivity contribution in [2.24, 2.45) is 5.92 Å². The van der Waals surface area contributed by atoms with Gasteiger partial charge in [-0.1, -0.05) is 0 Å². The van der Waals surface area contributed by atoms with Gasteiger partial charge >= 0.3 is 0 Å². The van der Waals surface area contributed by atoms with Crippen molar-refractivity contribution >= 4 is 21.8 Å². The van der Waals surface area contributed by atoms with E-state index >= 15 is 0 Å². The fraction of sp³-hybridized carbons (Fsp3) is 0.619. The number of ether oxygens (including phenoxy) is 1. The Morgan fingerprint density at radius 3 is 2.60 bits per heavy atom. The molecule has 5 rings (SSSR count). The lowest BCUT2D eigenvalue weighted by Gasteiger charge is -2.43. The van der Waals surface area contributed by atoms with Gasteiger partial charge in [0.25, 0.3) is 10.2 Å². The van der Waals surface area contributed by atoms with Gasteiger partial charge in [-0.2, -0.15) is 32.4 Å². The molecule has 0 unspecified atom stereocenters. The second kappa shape index (κ2) is 9.67. The van der Waals surface area contributed by atoms with E-state index < -0.39 is 10.2 Å². The number of aliphatic hydroxyl groups excluding tert-OH is 1. The third kappa shape index (κ3) is 4.82. The maximum Gasteiger partial charge on any atom is 0.282 e. The molecule has 0 spiro atoms. The Hall–Kier alpha value is -2.83. The summed E-state index contributed by atoms with van der Waals surface area (Å²) in [5.41, 5.74) is 0.581. The molecular formula is C21H29N9O4S. The van der Waals surface area contributed by atoms with Gasteiger partial charge < -0.3 is 20.5 Å². The van der Waals surface area contributed by atoms with Crippen molar-refractivity contribution in [3.05, 3.63) is 23.7 Å². The number of aromatic nitrogens is 4. The summed E-state index contributed by atoms with van der Waals surface area (Å²) in [6.07, 6.45) is 3.14. The molecule has 14 heteroatoms. The molecule has 0 saturated carbocycles. The lowest BCUT2D eigenvalue weighted by Crippen LogP contribution is -2.60. The van der Waals surface area contributed by atoms with Gasteiger partial charge in [-0.25, -0.2) is 4.98 Å². The van der Waals surface area contributed by atoms with Crippen LogP contribution in [0.2, 0.25) is 0 Å². The number of aromatic amines is 1. The van der Waals surface area contributed by atoms with Crippen LogP contribution in [0.1, 0.15) is 37.2 Å². The fourth-order valence-corrected chi connectivity index (χ4v) is 7.25. The van der Waals surface area contributed by atoms with Crippen LogP contribution >= 0.6 is 0 Å². The summed E-state index contributed by atoms with van der Waals surface area (Å²) in [7, 11) is -1.99. The molecular weight excluding hydrogens is 474 g/mol. The summed E-state index contributed by atoms with van der Waals surface area (Å²) in [6.45, 7) is 0.845. The van der Waals surface area contributed by atoms with Crippen molar-refractivity contribution in [1.82, 2.24) is 34.1 Å². The highest BCUT2D eigenvalue weighted by molar-refractivity contribution is 7.86. The minimum atomic E-state index is -3.53. The first-order valence-corrected chi connectivity index (χ1v) is 13.0. The normalized spacial score (nSPS) is 25.2. The number of nitrogens with zero attached hydrogens (tertiary/aromatic N) is 6. The lowest BCUT2D eigenvalue weighted by molar-refractivity contribution is 0.168. The van der Waals surface area contributed by atoms with Crippen molar-refractivity contribution in [2.75, 3.05) is 25.5 Å². The smallest absolute Gasteiger partial charge is 0.282 e. The number of H-pyrrole nitrogens is 1. The van der Waals surface area contributed by atoms with Crippen LogP contribution in [0.4, 0.5) is 11.6 Å². The first kappa shape index (κ1) is 23.9. The number of hydrogen-bond donors (Lipinski definition) is 4. The van der Waals surface area contributed by atoms with Crippen molar-refractivity contribution in [1.29, 1.82) is 5.26 Å². The molecule has 0 amide bonds. The zero-order valence-electron chi connectivity index (χ0n) is 19.4. The topological polar surface area (TPSA) is 172 Å². The van der Waals surface area contributed by atoms with Gasteiger partial charge in [0.2, 0.25) is 5.88 Å². The highest BCUT2D eigenvalue weighted by atomic mass is 32.2. The van der Waals surface area contributed by atoms with Gasteiger partial charge in [0.15, 0.2) is 5.82 Å². The molecule has 5 heterocycles. The third-order valence-electron chi connectivity index (χ3n) is 6.85. The van der Waals surface area contributed by atoms with E-state index in [0.717, 1.165) is 25.7 Å². The van der Waals surface area contributed by atoms with Gasteiger partial charge in [-0.05, 0) is 25.7 Å². The SMILES string of the molecule is COc1cc(Nc2cc(CO)[nH]n2)nc(CNC2C[C@@H]3CC[C@@H](C2)N3S(=O)(=O)N2CC(C#N)C2)n1. The van der Waals surface area contributed by atoms with E-state index in [1.165, 1.54) is 11.4 Å². The summed E-state index contributed by atoms with van der Waals surface area (Å²) in [5.74, 6) is 1.77. The average Bonchev–Trinajstić information content (AvgIpc) is 3.38. The van der Waals surface area contributed by atoms with Crippen LogP contribution in [0.5, 0.6) is 5.88 Å². The Balaban J connectivity index is 1.21. The van der Waals surface area contributed by atoms with Crippen LogP contribution in [0, 0.1) is 17.2 Å². The molecule has 3 aliphatic rings. The number of nitrogens with one attached hydrogen (secondary N) is 3. The summed E-state index contributed by atoms with van der Waals surface area (Å²) < 4.78 is 34.7. The van der Waals surface area contributed by atoms with Crippen molar-refractivity contribution in [3.8, 4) is 11.9 Å². The number of fused-ring (bicyclic) bond motifs is 2. The molecule has 188 valence electrons. The Morgan fingerprint density at radius 2 is 1.97 bits per heavy atom. The van der Waals surface area contributed by atoms with Gasteiger partial charge in [-0.15, -0.1) is 0 Å². The Bertz CT molecular complexity index is 1190. The van der Waals surface area contributed by atoms with Gasteiger partial charge in [0.1, 0.15) is 11.6 Å². The fourth-order valence-electron chi connectivity index (χ4n) is 5.11. The highest BCUT2D eigenvalue weighted by Gasteiger charge is 2.50. The van der Waals surface area contributed by atoms with Crippen LogP contribution in [-0.4, -0.2) is 80.6 Å². The maximum atomic E-state index is 13.1. The Morgan fingerprint density at radius 1 is 1.23 bits per heavy atom. The highest BCUT2D eigenvalue weighted by Crippen LogP contribution is 2.40. The van der Waals surface area contributed by atoms with Crippen molar-refractivity contribution < 1.29 is 18.3 Å². The van der Waals surface area contributed by atoms with Crippen LogP contribution in [0.3, 0.4) is 0 Å². The van der Waals surface area contributed by atoms with E-state index in [-0.39, 0.29) is 30.7 Å². The minimum absolute atomic E-state index is 0.0405. The number of aliphatic hydroxyl groups is 1. The van der Waals surface area contributed by atoms with Crippen LogP contribution < -0.4 is 15.4 Å². The lowest BCUT2D eigenvalue weighted by atomic mass is 10.00. The standard InChI is InChI=1S/C21H29N9O4S/c1-34-21-7-18(24-19-6-15(12-31)27-28-19)25-20(26-21)9-23-14-4-16-2-3-17(5-14)30(16)35(32,33)29-10-13(8-22)11-29/h6-7,13-14,16-17,23,31H,2-5,9-12H2,1H3,(H2,24,25,26,27,28)/t16-,17-/m0/s1. The van der Waals surface area contributed by atoms with E-state index in [9.17, 15) is 13.5 Å².